The van der Waals surface area contributed by atoms with Gasteiger partial charge in [0.25, 0.3) is 0 Å². The van der Waals surface area contributed by atoms with Crippen LogP contribution in [0.15, 0.2) is 134 Å². The minimum absolute atomic E-state index is 0.0544. The summed E-state index contributed by atoms with van der Waals surface area (Å²) in [6, 6.07) is 32.4. The van der Waals surface area contributed by atoms with E-state index in [1.54, 1.807) is 12.4 Å². The van der Waals surface area contributed by atoms with E-state index < -0.39 is 0 Å². The third kappa shape index (κ3) is 3.61. The molecule has 2 unspecified atom stereocenters. The number of rotatable bonds is 2. The first-order valence-electron chi connectivity index (χ1n) is 15.2. The molecule has 2 aliphatic heterocycles. The second kappa shape index (κ2) is 9.61. The fraction of sp³-hybridized carbons (Fsp3) is 0.0526. The van der Waals surface area contributed by atoms with Crippen LogP contribution in [-0.4, -0.2) is 32.1 Å². The molecule has 46 heavy (non-hydrogen) atoms. The second-order valence-electron chi connectivity index (χ2n) is 11.4. The van der Waals surface area contributed by atoms with E-state index in [1.165, 1.54) is 0 Å². The molecular formula is C38H24N6O2. The summed E-state index contributed by atoms with van der Waals surface area (Å²) >= 11 is 0. The lowest BCUT2D eigenvalue weighted by Crippen LogP contribution is -2.46. The molecule has 0 amide bonds. The van der Waals surface area contributed by atoms with E-state index in [0.717, 1.165) is 78.8 Å². The average molecular weight is 597 g/mol. The Kier molecular flexibility index (Phi) is 5.24. The lowest BCUT2D eigenvalue weighted by atomic mass is 10.00. The molecule has 2 atom stereocenters. The summed E-state index contributed by atoms with van der Waals surface area (Å²) < 4.78 is 12.7. The van der Waals surface area contributed by atoms with Gasteiger partial charge in [-0.2, -0.15) is 0 Å². The van der Waals surface area contributed by atoms with E-state index in [-0.39, 0.29) is 12.1 Å². The molecule has 0 fully saturated rings. The Morgan fingerprint density at radius 2 is 1.09 bits per heavy atom. The molecule has 4 aromatic carbocycles. The van der Waals surface area contributed by atoms with Crippen molar-refractivity contribution in [2.45, 2.75) is 12.1 Å². The number of allylic oxidation sites excluding steroid dienone is 2. The molecule has 0 saturated carbocycles. The quantitative estimate of drug-likeness (QED) is 0.184. The number of fused-ring (bicyclic) bond motifs is 10. The number of benzene rings is 4. The number of ether oxygens (including phenoxy) is 2. The number of anilines is 5. The van der Waals surface area contributed by atoms with E-state index in [0.29, 0.717) is 0 Å². The first-order valence-corrected chi connectivity index (χ1v) is 15.2. The van der Waals surface area contributed by atoms with E-state index in [1.807, 2.05) is 66.7 Å². The van der Waals surface area contributed by atoms with Crippen molar-refractivity contribution in [3.8, 4) is 17.2 Å². The van der Waals surface area contributed by atoms with Crippen molar-refractivity contribution in [2.75, 3.05) is 9.80 Å². The SMILES string of the molecule is C1=CC2Oc3ccccc3N(c3ccc4c5nccnc5c5ccc(N6c7ccccc7Oc7ccccc76)nc5c4n3)C2C=C1. The van der Waals surface area contributed by atoms with Crippen LogP contribution in [0.4, 0.5) is 28.7 Å². The average Bonchev–Trinajstić information content (AvgIpc) is 3.12. The Bertz CT molecular complexity index is 2390. The molecule has 3 aliphatic rings. The maximum atomic E-state index is 6.39. The van der Waals surface area contributed by atoms with Gasteiger partial charge in [-0.3, -0.25) is 14.9 Å². The first kappa shape index (κ1) is 25.1. The zero-order valence-electron chi connectivity index (χ0n) is 24.4. The zero-order valence-corrected chi connectivity index (χ0v) is 24.4. The number of pyridine rings is 2. The summed E-state index contributed by atoms with van der Waals surface area (Å²) in [7, 11) is 0. The summed E-state index contributed by atoms with van der Waals surface area (Å²) in [5.74, 6) is 3.92. The predicted molar refractivity (Wildman–Crippen MR) is 180 cm³/mol. The van der Waals surface area contributed by atoms with Gasteiger partial charge in [0.1, 0.15) is 34.5 Å². The van der Waals surface area contributed by atoms with Gasteiger partial charge < -0.3 is 14.4 Å². The zero-order chi connectivity index (χ0) is 30.2. The summed E-state index contributed by atoms with van der Waals surface area (Å²) in [6.45, 7) is 0. The van der Waals surface area contributed by atoms with Gasteiger partial charge in [0.15, 0.2) is 11.5 Å². The number of hydrogen-bond acceptors (Lipinski definition) is 8. The molecule has 8 heteroatoms. The van der Waals surface area contributed by atoms with Crippen molar-refractivity contribution in [1.29, 1.82) is 0 Å². The third-order valence-corrected chi connectivity index (χ3v) is 8.84. The van der Waals surface area contributed by atoms with Gasteiger partial charge in [0.2, 0.25) is 0 Å². The first-order chi connectivity index (χ1) is 22.8. The van der Waals surface area contributed by atoms with Crippen molar-refractivity contribution in [1.82, 2.24) is 19.9 Å². The highest BCUT2D eigenvalue weighted by Gasteiger charge is 2.36. The largest absolute Gasteiger partial charge is 0.482 e. The van der Waals surface area contributed by atoms with Crippen LogP contribution in [-0.2, 0) is 0 Å². The maximum Gasteiger partial charge on any atom is 0.151 e. The highest BCUT2D eigenvalue weighted by atomic mass is 16.5. The van der Waals surface area contributed by atoms with Gasteiger partial charge in [0.05, 0.1) is 34.1 Å². The molecule has 7 aromatic rings. The van der Waals surface area contributed by atoms with Crippen LogP contribution in [0.5, 0.6) is 17.2 Å². The topological polar surface area (TPSA) is 76.5 Å². The number of nitrogens with zero attached hydrogens (tertiary/aromatic N) is 6. The Balaban J connectivity index is 1.24. The summed E-state index contributed by atoms with van der Waals surface area (Å²) in [5, 5.41) is 1.78. The highest BCUT2D eigenvalue weighted by molar-refractivity contribution is 6.21. The monoisotopic (exact) mass is 596 g/mol. The molecule has 3 aromatic heterocycles. The standard InChI is InChI=1S/C38H24N6O2/c1-5-13-29-25(9-1)43(26-10-2-6-14-30(26)45-29)33-19-17-23-35-36(40-22-21-39-35)24-18-20-34(42-38(24)37(23)41-33)44-27-11-3-7-15-31(27)46-32-16-8-4-12-28(32)44/h1-22,25,29H. The van der Waals surface area contributed by atoms with E-state index in [2.05, 4.69) is 64.4 Å². The predicted octanol–water partition coefficient (Wildman–Crippen LogP) is 8.70. The van der Waals surface area contributed by atoms with Gasteiger partial charge in [-0.05, 0) is 66.7 Å². The van der Waals surface area contributed by atoms with Gasteiger partial charge in [0, 0.05) is 23.2 Å². The van der Waals surface area contributed by atoms with Gasteiger partial charge >= 0.3 is 0 Å². The maximum absolute atomic E-state index is 6.39. The van der Waals surface area contributed by atoms with Crippen molar-refractivity contribution in [3.05, 3.63) is 134 Å². The van der Waals surface area contributed by atoms with Crippen LogP contribution in [0.25, 0.3) is 32.8 Å². The van der Waals surface area contributed by atoms with Crippen LogP contribution in [0.2, 0.25) is 0 Å². The third-order valence-electron chi connectivity index (χ3n) is 8.84. The summed E-state index contributed by atoms with van der Waals surface area (Å²) in [4.78, 5) is 24.7. The van der Waals surface area contributed by atoms with Crippen LogP contribution >= 0.6 is 0 Å². The molecule has 1 aliphatic carbocycles. The Hall–Kier alpha value is -6.28. The molecule has 0 radical (unpaired) electrons. The molecule has 5 heterocycles. The van der Waals surface area contributed by atoms with Gasteiger partial charge in [-0.25, -0.2) is 9.97 Å². The molecule has 0 spiro atoms. The highest BCUT2D eigenvalue weighted by Crippen LogP contribution is 2.50. The lowest BCUT2D eigenvalue weighted by Gasteiger charge is -2.41. The van der Waals surface area contributed by atoms with Crippen molar-refractivity contribution < 1.29 is 9.47 Å². The smallest absolute Gasteiger partial charge is 0.151 e. The minimum atomic E-state index is -0.136. The van der Waals surface area contributed by atoms with Gasteiger partial charge in [-0.1, -0.05) is 54.6 Å². The molecule has 0 N–H and O–H groups in total. The molecule has 0 bridgehead atoms. The fourth-order valence-electron chi connectivity index (χ4n) is 6.84. The molecular weight excluding hydrogens is 572 g/mol. The van der Waals surface area contributed by atoms with E-state index in [4.69, 9.17) is 29.4 Å². The molecule has 0 saturated heterocycles. The second-order valence-corrected chi connectivity index (χ2v) is 11.4. The van der Waals surface area contributed by atoms with E-state index in [9.17, 15) is 0 Å². The number of para-hydroxylation sites is 6. The molecule has 10 rings (SSSR count). The normalized spacial score (nSPS) is 17.7. The van der Waals surface area contributed by atoms with Crippen molar-refractivity contribution in [2.24, 2.45) is 0 Å². The molecule has 218 valence electrons. The minimum Gasteiger partial charge on any atom is -0.482 e. The summed E-state index contributed by atoms with van der Waals surface area (Å²) in [5.41, 5.74) is 5.89. The van der Waals surface area contributed by atoms with Crippen LogP contribution in [0.3, 0.4) is 0 Å². The molecule has 8 nitrogen and oxygen atoms in total. The Morgan fingerprint density at radius 1 is 0.522 bits per heavy atom. The Labute approximate surface area is 263 Å². The van der Waals surface area contributed by atoms with Crippen LogP contribution in [0.1, 0.15) is 0 Å². The van der Waals surface area contributed by atoms with Crippen LogP contribution in [0, 0.1) is 0 Å². The Morgan fingerprint density at radius 3 is 1.78 bits per heavy atom. The summed E-state index contributed by atoms with van der Waals surface area (Å²) in [6.07, 6.45) is 11.7. The van der Waals surface area contributed by atoms with E-state index >= 15 is 0 Å². The van der Waals surface area contributed by atoms with Crippen molar-refractivity contribution in [3.63, 3.8) is 0 Å². The fourth-order valence-corrected chi connectivity index (χ4v) is 6.84. The number of hydrogen-bond donors (Lipinski definition) is 0. The number of aromatic nitrogens is 4. The van der Waals surface area contributed by atoms with Crippen molar-refractivity contribution >= 4 is 61.5 Å². The van der Waals surface area contributed by atoms with Crippen LogP contribution < -0.4 is 19.3 Å². The van der Waals surface area contributed by atoms with Gasteiger partial charge in [-0.15, -0.1) is 0 Å². The lowest BCUT2D eigenvalue weighted by molar-refractivity contribution is 0.217.